The molecule has 25 heavy (non-hydrogen) atoms. The Morgan fingerprint density at radius 2 is 2.00 bits per heavy atom. The summed E-state index contributed by atoms with van der Waals surface area (Å²) in [6.45, 7) is 3.15. The van der Waals surface area contributed by atoms with Gasteiger partial charge in [-0.15, -0.1) is 0 Å². The molecule has 3 rings (SSSR count). The molecule has 2 aliphatic rings. The lowest BCUT2D eigenvalue weighted by Crippen LogP contribution is -2.47. The van der Waals surface area contributed by atoms with Gasteiger partial charge in [0.25, 0.3) is 5.91 Å². The number of carbonyl (C=O) groups is 2. The van der Waals surface area contributed by atoms with Crippen LogP contribution in [0.2, 0.25) is 0 Å². The molecular weight excluding hydrogens is 318 g/mol. The molecule has 1 N–H and O–H groups in total. The Bertz CT molecular complexity index is 611. The van der Waals surface area contributed by atoms with Crippen molar-refractivity contribution in [1.82, 2.24) is 9.80 Å². The van der Waals surface area contributed by atoms with Gasteiger partial charge in [0.15, 0.2) is 0 Å². The van der Waals surface area contributed by atoms with E-state index in [2.05, 4.69) is 17.3 Å². The molecule has 0 spiro atoms. The maximum atomic E-state index is 12.7. The zero-order chi connectivity index (χ0) is 17.8. The van der Waals surface area contributed by atoms with Crippen molar-refractivity contribution in [3.05, 3.63) is 29.8 Å². The molecule has 0 saturated carbocycles. The van der Waals surface area contributed by atoms with E-state index in [4.69, 9.17) is 4.74 Å². The molecule has 2 atom stereocenters. The third-order valence-electron chi connectivity index (χ3n) is 5.17. The fourth-order valence-electron chi connectivity index (χ4n) is 3.51. The van der Waals surface area contributed by atoms with Crippen LogP contribution in [0.15, 0.2) is 24.3 Å². The van der Waals surface area contributed by atoms with Crippen LogP contribution in [0, 0.1) is 5.92 Å². The van der Waals surface area contributed by atoms with E-state index in [0.717, 1.165) is 32.4 Å². The molecule has 2 fully saturated rings. The maximum absolute atomic E-state index is 12.7. The second-order valence-electron chi connectivity index (χ2n) is 7.10. The van der Waals surface area contributed by atoms with E-state index in [0.29, 0.717) is 24.5 Å². The van der Waals surface area contributed by atoms with Crippen LogP contribution < -0.4 is 5.32 Å². The second-order valence-corrected chi connectivity index (χ2v) is 7.10. The fourth-order valence-corrected chi connectivity index (χ4v) is 3.51. The smallest absolute Gasteiger partial charge is 0.253 e. The molecule has 2 saturated heterocycles. The number of amides is 2. The monoisotopic (exact) mass is 345 g/mol. The first kappa shape index (κ1) is 17.9. The lowest BCUT2D eigenvalue weighted by atomic mass is 10.0. The van der Waals surface area contributed by atoms with Crippen LogP contribution in [0.5, 0.6) is 0 Å². The lowest BCUT2D eigenvalue weighted by Gasteiger charge is -2.35. The summed E-state index contributed by atoms with van der Waals surface area (Å²) in [6.07, 6.45) is 2.93. The van der Waals surface area contributed by atoms with E-state index in [1.54, 1.807) is 24.3 Å². The number of likely N-dealkylation sites (tertiary alicyclic amines) is 1. The van der Waals surface area contributed by atoms with Crippen molar-refractivity contribution in [2.45, 2.75) is 25.3 Å². The van der Waals surface area contributed by atoms with Crippen molar-refractivity contribution in [1.29, 1.82) is 0 Å². The number of benzene rings is 1. The molecule has 1 aromatic carbocycles. The number of carbonyl (C=O) groups excluding carboxylic acids is 2. The van der Waals surface area contributed by atoms with Crippen LogP contribution in [-0.4, -0.2) is 68.1 Å². The molecule has 136 valence electrons. The zero-order valence-electron chi connectivity index (χ0n) is 15.0. The normalized spacial score (nSPS) is 24.1. The van der Waals surface area contributed by atoms with Gasteiger partial charge in [0.1, 0.15) is 0 Å². The van der Waals surface area contributed by atoms with Crippen molar-refractivity contribution in [2.24, 2.45) is 5.92 Å². The third kappa shape index (κ3) is 4.38. The number of rotatable bonds is 4. The highest BCUT2D eigenvalue weighted by molar-refractivity contribution is 5.96. The van der Waals surface area contributed by atoms with Gasteiger partial charge < -0.3 is 19.9 Å². The van der Waals surface area contributed by atoms with Crippen molar-refractivity contribution in [3.63, 3.8) is 0 Å². The molecule has 1 aromatic rings. The third-order valence-corrected chi connectivity index (χ3v) is 5.17. The minimum atomic E-state index is -0.0734. The van der Waals surface area contributed by atoms with Gasteiger partial charge in [-0.2, -0.15) is 0 Å². The van der Waals surface area contributed by atoms with Gasteiger partial charge in [-0.05, 0) is 57.1 Å². The molecule has 6 nitrogen and oxygen atoms in total. The maximum Gasteiger partial charge on any atom is 0.253 e. The summed E-state index contributed by atoms with van der Waals surface area (Å²) in [7, 11) is 3.97. The fraction of sp³-hybridized carbons (Fsp3) is 0.579. The number of anilines is 1. The average molecular weight is 345 g/mol. The average Bonchev–Trinajstić information content (AvgIpc) is 3.16. The van der Waals surface area contributed by atoms with Crippen molar-refractivity contribution >= 4 is 17.5 Å². The molecular formula is C19H27N3O3. The van der Waals surface area contributed by atoms with E-state index < -0.39 is 0 Å². The summed E-state index contributed by atoms with van der Waals surface area (Å²) in [6, 6.07) is 7.41. The Kier molecular flexibility index (Phi) is 5.71. The molecule has 0 radical (unpaired) electrons. The van der Waals surface area contributed by atoms with Crippen molar-refractivity contribution < 1.29 is 14.3 Å². The number of nitrogens with one attached hydrogen (secondary N) is 1. The highest BCUT2D eigenvalue weighted by Crippen LogP contribution is 2.19. The summed E-state index contributed by atoms with van der Waals surface area (Å²) >= 11 is 0. The predicted molar refractivity (Wildman–Crippen MR) is 96.6 cm³/mol. The SMILES string of the molecule is CN1CCC[C@H](N(C)C(=O)c2ccc(NC(=O)[C@H]3CCOC3)cc2)C1. The Hall–Kier alpha value is -1.92. The standard InChI is InChI=1S/C19H27N3O3/c1-21-10-3-4-17(12-21)22(2)19(24)14-5-7-16(8-6-14)20-18(23)15-9-11-25-13-15/h5-8,15,17H,3-4,9-13H2,1-2H3,(H,20,23)/t15-,17-/m0/s1. The first-order valence-corrected chi connectivity index (χ1v) is 8.99. The van der Waals surface area contributed by atoms with E-state index in [1.807, 2.05) is 11.9 Å². The topological polar surface area (TPSA) is 61.9 Å². The molecule has 6 heteroatoms. The minimum Gasteiger partial charge on any atom is -0.381 e. The first-order valence-electron chi connectivity index (χ1n) is 8.99. The number of piperidine rings is 1. The summed E-state index contributed by atoms with van der Waals surface area (Å²) < 4.78 is 5.24. The highest BCUT2D eigenvalue weighted by atomic mass is 16.5. The van der Waals surface area contributed by atoms with Crippen LogP contribution in [0.25, 0.3) is 0 Å². The number of nitrogens with zero attached hydrogens (tertiary/aromatic N) is 2. The Labute approximate surface area is 149 Å². The quantitative estimate of drug-likeness (QED) is 0.904. The van der Waals surface area contributed by atoms with Crippen LogP contribution in [-0.2, 0) is 9.53 Å². The Morgan fingerprint density at radius 3 is 2.64 bits per heavy atom. The van der Waals surface area contributed by atoms with Crippen molar-refractivity contribution in [3.8, 4) is 0 Å². The number of likely N-dealkylation sites (N-methyl/N-ethyl adjacent to an activating group) is 2. The lowest BCUT2D eigenvalue weighted by molar-refractivity contribution is -0.119. The molecule has 0 unspecified atom stereocenters. The molecule has 0 aliphatic carbocycles. The van der Waals surface area contributed by atoms with Crippen LogP contribution in [0.1, 0.15) is 29.6 Å². The van der Waals surface area contributed by atoms with Gasteiger partial charge in [0, 0.05) is 37.5 Å². The second kappa shape index (κ2) is 7.97. The van der Waals surface area contributed by atoms with Crippen LogP contribution >= 0.6 is 0 Å². The molecule has 2 heterocycles. The van der Waals surface area contributed by atoms with Gasteiger partial charge in [0.05, 0.1) is 12.5 Å². The van der Waals surface area contributed by atoms with Gasteiger partial charge in [0.2, 0.25) is 5.91 Å². The van der Waals surface area contributed by atoms with Gasteiger partial charge in [-0.1, -0.05) is 0 Å². The highest BCUT2D eigenvalue weighted by Gasteiger charge is 2.26. The largest absolute Gasteiger partial charge is 0.381 e. The molecule has 0 aromatic heterocycles. The van der Waals surface area contributed by atoms with Gasteiger partial charge in [-0.3, -0.25) is 9.59 Å². The summed E-state index contributed by atoms with van der Waals surface area (Å²) in [5.74, 6) is -0.0583. The summed E-state index contributed by atoms with van der Waals surface area (Å²) in [4.78, 5) is 28.9. The zero-order valence-corrected chi connectivity index (χ0v) is 15.0. The van der Waals surface area contributed by atoms with Crippen LogP contribution in [0.4, 0.5) is 5.69 Å². The van der Waals surface area contributed by atoms with E-state index in [1.165, 1.54) is 0 Å². The minimum absolute atomic E-state index is 0.0149. The Morgan fingerprint density at radius 1 is 1.24 bits per heavy atom. The first-order chi connectivity index (χ1) is 12.0. The van der Waals surface area contributed by atoms with E-state index in [-0.39, 0.29) is 23.8 Å². The molecule has 2 amide bonds. The van der Waals surface area contributed by atoms with Gasteiger partial charge in [-0.25, -0.2) is 0 Å². The molecule has 2 aliphatic heterocycles. The van der Waals surface area contributed by atoms with Crippen LogP contribution in [0.3, 0.4) is 0 Å². The summed E-state index contributed by atoms with van der Waals surface area (Å²) in [5.41, 5.74) is 1.37. The van der Waals surface area contributed by atoms with E-state index >= 15 is 0 Å². The summed E-state index contributed by atoms with van der Waals surface area (Å²) in [5, 5.41) is 2.90. The van der Waals surface area contributed by atoms with Gasteiger partial charge >= 0.3 is 0 Å². The van der Waals surface area contributed by atoms with Crippen molar-refractivity contribution in [2.75, 3.05) is 45.7 Å². The molecule has 0 bridgehead atoms. The number of hydrogen-bond donors (Lipinski definition) is 1. The van der Waals surface area contributed by atoms with E-state index in [9.17, 15) is 9.59 Å². The predicted octanol–water partition coefficient (Wildman–Crippen LogP) is 1.83. The number of hydrogen-bond acceptors (Lipinski definition) is 4. The number of ether oxygens (including phenoxy) is 1. The Balaban J connectivity index is 1.59.